The van der Waals surface area contributed by atoms with E-state index in [9.17, 15) is 4.79 Å². The van der Waals surface area contributed by atoms with Gasteiger partial charge in [-0.1, -0.05) is 74.0 Å². The molecule has 1 atom stereocenters. The highest BCUT2D eigenvalue weighted by Crippen LogP contribution is 2.17. The maximum Gasteiger partial charge on any atom is 0.373 e. The molecule has 2 aromatic carbocycles. The molecular weight excluding hydrogens is 304 g/mol. The van der Waals surface area contributed by atoms with Crippen LogP contribution in [0.15, 0.2) is 60.7 Å². The largest absolute Gasteiger partial charge is 0.461 e. The number of carbonyl (C=O) groups is 1. The van der Waals surface area contributed by atoms with Crippen molar-refractivity contribution in [2.75, 3.05) is 0 Å². The average Bonchev–Trinajstić information content (AvgIpc) is 2.62. The van der Waals surface area contributed by atoms with Crippen LogP contribution in [0.2, 0.25) is 0 Å². The minimum Gasteiger partial charge on any atom is -0.461 e. The fourth-order valence-corrected chi connectivity index (χ4v) is 2.34. The molecule has 0 aromatic heterocycles. The van der Waals surface area contributed by atoms with Crippen molar-refractivity contribution in [3.63, 3.8) is 0 Å². The Morgan fingerprint density at radius 2 is 1.46 bits per heavy atom. The van der Waals surface area contributed by atoms with E-state index < -0.39 is 0 Å². The van der Waals surface area contributed by atoms with Gasteiger partial charge < -0.3 is 4.74 Å². The first-order valence-electron chi connectivity index (χ1n) is 7.92. The van der Waals surface area contributed by atoms with Crippen LogP contribution in [-0.4, -0.2) is 12.1 Å². The van der Waals surface area contributed by atoms with E-state index in [0.29, 0.717) is 18.9 Å². The van der Waals surface area contributed by atoms with Crippen molar-refractivity contribution in [1.29, 1.82) is 0 Å². The predicted molar refractivity (Wildman–Crippen MR) is 89.8 cm³/mol. The highest BCUT2D eigenvalue weighted by molar-refractivity contribution is 5.69. The Kier molecular flexibility index (Phi) is 9.51. The summed E-state index contributed by atoms with van der Waals surface area (Å²) in [4.78, 5) is 28.2. The van der Waals surface area contributed by atoms with Crippen LogP contribution in [-0.2, 0) is 32.1 Å². The molecule has 0 aliphatic heterocycles. The first-order chi connectivity index (χ1) is 11.7. The molecule has 0 amide bonds. The van der Waals surface area contributed by atoms with Gasteiger partial charge >= 0.3 is 12.1 Å². The lowest BCUT2D eigenvalue weighted by Crippen LogP contribution is -2.13. The van der Waals surface area contributed by atoms with Gasteiger partial charge in [0.25, 0.3) is 0 Å². The minimum atomic E-state index is -0.110. The van der Waals surface area contributed by atoms with Gasteiger partial charge in [0, 0.05) is 6.42 Å². The maximum absolute atomic E-state index is 12.0. The molecule has 0 spiro atoms. The molecule has 0 bridgehead atoms. The fraction of sp³-hybridized carbons (Fsp3) is 0.300. The van der Waals surface area contributed by atoms with E-state index in [0.717, 1.165) is 18.4 Å². The van der Waals surface area contributed by atoms with Crippen molar-refractivity contribution in [3.8, 4) is 0 Å². The Labute approximate surface area is 142 Å². The Morgan fingerprint density at radius 1 is 0.958 bits per heavy atom. The maximum atomic E-state index is 12.0. The third kappa shape index (κ3) is 8.06. The van der Waals surface area contributed by atoms with Crippen molar-refractivity contribution in [2.24, 2.45) is 5.92 Å². The molecule has 0 aliphatic rings. The van der Waals surface area contributed by atoms with Gasteiger partial charge in [0.15, 0.2) is 0 Å². The van der Waals surface area contributed by atoms with Crippen molar-refractivity contribution < 1.29 is 19.1 Å². The molecule has 2 rings (SSSR count). The molecule has 2 aromatic rings. The Hall–Kier alpha value is -2.71. The second-order valence-corrected chi connectivity index (χ2v) is 5.40. The zero-order valence-electron chi connectivity index (χ0n) is 13.8. The number of ether oxygens (including phenoxy) is 1. The van der Waals surface area contributed by atoms with Gasteiger partial charge in [0.2, 0.25) is 0 Å². The SMILES string of the molecule is CCC(CC(=O)OCc1ccccc1)Cc1ccccc1.O=C=O. The van der Waals surface area contributed by atoms with Crippen LogP contribution in [0.4, 0.5) is 0 Å². The first-order valence-corrected chi connectivity index (χ1v) is 7.92. The number of carbonyl (C=O) groups excluding carboxylic acids is 3. The summed E-state index contributed by atoms with van der Waals surface area (Å²) >= 11 is 0. The number of hydrogen-bond donors (Lipinski definition) is 0. The first kappa shape index (κ1) is 19.3. The quantitative estimate of drug-likeness (QED) is 0.726. The lowest BCUT2D eigenvalue weighted by atomic mass is 9.94. The van der Waals surface area contributed by atoms with Crippen molar-refractivity contribution in [2.45, 2.75) is 32.8 Å². The summed E-state index contributed by atoms with van der Waals surface area (Å²) in [6, 6.07) is 20.1. The summed E-state index contributed by atoms with van der Waals surface area (Å²) in [5, 5.41) is 0. The topological polar surface area (TPSA) is 60.4 Å². The molecular formula is C20H22O4. The third-order valence-corrected chi connectivity index (χ3v) is 3.64. The van der Waals surface area contributed by atoms with Gasteiger partial charge in [-0.15, -0.1) is 0 Å². The lowest BCUT2D eigenvalue weighted by molar-refractivity contribution is -0.191. The van der Waals surface area contributed by atoms with Crippen LogP contribution >= 0.6 is 0 Å². The number of hydrogen-bond acceptors (Lipinski definition) is 4. The molecule has 0 saturated carbocycles. The summed E-state index contributed by atoms with van der Waals surface area (Å²) in [5.41, 5.74) is 2.31. The van der Waals surface area contributed by atoms with Gasteiger partial charge in [-0.25, -0.2) is 0 Å². The second-order valence-electron chi connectivity index (χ2n) is 5.40. The number of rotatable bonds is 7. The van der Waals surface area contributed by atoms with Crippen LogP contribution in [0.3, 0.4) is 0 Å². The molecule has 1 unspecified atom stereocenters. The molecule has 0 fully saturated rings. The molecule has 4 nitrogen and oxygen atoms in total. The van der Waals surface area contributed by atoms with Crippen LogP contribution in [0.1, 0.15) is 30.9 Å². The molecule has 0 aliphatic carbocycles. The highest BCUT2D eigenvalue weighted by atomic mass is 16.5. The number of benzene rings is 2. The number of esters is 1. The van der Waals surface area contributed by atoms with E-state index in [4.69, 9.17) is 14.3 Å². The van der Waals surface area contributed by atoms with Crippen molar-refractivity contribution in [3.05, 3.63) is 71.8 Å². The van der Waals surface area contributed by atoms with E-state index in [1.54, 1.807) is 0 Å². The minimum absolute atomic E-state index is 0.110. The standard InChI is InChI=1S/C19H22O2.CO2/c1-2-16(13-17-9-5-3-6-10-17)14-19(20)21-15-18-11-7-4-8-12-18;2-1-3/h3-12,16H,2,13-15H2,1H3;. The van der Waals surface area contributed by atoms with Crippen molar-refractivity contribution in [1.82, 2.24) is 0 Å². The summed E-state index contributed by atoms with van der Waals surface area (Å²) in [7, 11) is 0. The molecule has 24 heavy (non-hydrogen) atoms. The fourth-order valence-electron chi connectivity index (χ4n) is 2.34. The zero-order chi connectivity index (χ0) is 17.6. The zero-order valence-corrected chi connectivity index (χ0v) is 13.8. The van der Waals surface area contributed by atoms with E-state index in [1.807, 2.05) is 48.5 Å². The second kappa shape index (κ2) is 11.8. The van der Waals surface area contributed by atoms with Crippen molar-refractivity contribution >= 4 is 12.1 Å². The normalized spacial score (nSPS) is 10.7. The monoisotopic (exact) mass is 326 g/mol. The Morgan fingerprint density at radius 3 is 1.96 bits per heavy atom. The summed E-state index contributed by atoms with van der Waals surface area (Å²) < 4.78 is 5.36. The van der Waals surface area contributed by atoms with Gasteiger partial charge in [-0.2, -0.15) is 9.59 Å². The molecule has 126 valence electrons. The summed E-state index contributed by atoms with van der Waals surface area (Å²) in [5.74, 6) is 0.234. The average molecular weight is 326 g/mol. The molecule has 4 heteroatoms. The van der Waals surface area contributed by atoms with Gasteiger partial charge in [0.05, 0.1) is 0 Å². The van der Waals surface area contributed by atoms with Crippen LogP contribution in [0.25, 0.3) is 0 Å². The Balaban J connectivity index is 0.000000891. The van der Waals surface area contributed by atoms with Crippen LogP contribution in [0.5, 0.6) is 0 Å². The third-order valence-electron chi connectivity index (χ3n) is 3.64. The summed E-state index contributed by atoms with van der Waals surface area (Å²) in [6.07, 6.45) is 2.64. The van der Waals surface area contributed by atoms with Gasteiger partial charge in [0.1, 0.15) is 6.61 Å². The van der Waals surface area contributed by atoms with Gasteiger partial charge in [-0.3, -0.25) is 4.79 Å². The molecule has 0 N–H and O–H groups in total. The highest BCUT2D eigenvalue weighted by Gasteiger charge is 2.14. The molecule has 0 saturated heterocycles. The van der Waals surface area contributed by atoms with E-state index in [-0.39, 0.29) is 12.1 Å². The predicted octanol–water partition coefficient (Wildman–Crippen LogP) is 3.81. The smallest absolute Gasteiger partial charge is 0.373 e. The Bertz CT molecular complexity index is 617. The molecule has 0 heterocycles. The van der Waals surface area contributed by atoms with E-state index in [1.165, 1.54) is 5.56 Å². The van der Waals surface area contributed by atoms with E-state index in [2.05, 4.69) is 19.1 Å². The van der Waals surface area contributed by atoms with Crippen LogP contribution < -0.4 is 0 Å². The summed E-state index contributed by atoms with van der Waals surface area (Å²) in [6.45, 7) is 2.49. The van der Waals surface area contributed by atoms with Crippen LogP contribution in [0, 0.1) is 5.92 Å². The van der Waals surface area contributed by atoms with E-state index >= 15 is 0 Å². The van der Waals surface area contributed by atoms with Gasteiger partial charge in [-0.05, 0) is 23.5 Å². The lowest BCUT2D eigenvalue weighted by Gasteiger charge is -2.14. The molecule has 0 radical (unpaired) electrons.